The lowest BCUT2D eigenvalue weighted by molar-refractivity contribution is -0.299. The number of aliphatic hydroxyl groups excluding tert-OH is 6. The Bertz CT molecular complexity index is 1030. The molecule has 0 aromatic rings. The number of nitrogens with zero attached hydrogens (tertiary/aromatic N) is 1. The fraction of sp³-hybridized carbons (Fsp3) is 0.963. The smallest absolute Gasteiger partial charge is 0.246 e. The van der Waals surface area contributed by atoms with Gasteiger partial charge in [0.15, 0.2) is 18.9 Å². The van der Waals surface area contributed by atoms with Crippen LogP contribution in [0.3, 0.4) is 0 Å². The molecule has 1 aliphatic carbocycles. The Balaban J connectivity index is 1.55. The maximum atomic E-state index is 12.7. The summed E-state index contributed by atoms with van der Waals surface area (Å²) in [4.78, 5) is 12.7. The van der Waals surface area contributed by atoms with Crippen molar-refractivity contribution >= 4 is 5.91 Å². The highest BCUT2D eigenvalue weighted by Gasteiger charge is 2.54. The molecule has 19 N–H and O–H groups in total. The van der Waals surface area contributed by atoms with E-state index >= 15 is 0 Å². The highest BCUT2D eigenvalue weighted by Crippen LogP contribution is 2.37. The molecule has 0 bridgehead atoms. The van der Waals surface area contributed by atoms with Crippen LogP contribution in [0.15, 0.2) is 0 Å². The number of ether oxygens (including phenoxy) is 6. The van der Waals surface area contributed by atoms with Gasteiger partial charge in [-0.25, -0.2) is 5.06 Å². The van der Waals surface area contributed by atoms with Gasteiger partial charge in [-0.2, -0.15) is 0 Å². The second-order valence-corrected chi connectivity index (χ2v) is 12.8. The first-order chi connectivity index (χ1) is 22.8. The molecule has 280 valence electrons. The van der Waals surface area contributed by atoms with Crippen LogP contribution in [0.25, 0.3) is 0 Å². The summed E-state index contributed by atoms with van der Waals surface area (Å²) in [5.41, 5.74) is 35.5. The lowest BCUT2D eigenvalue weighted by Gasteiger charge is -2.47. The molecule has 3 saturated heterocycles. The van der Waals surface area contributed by atoms with Crippen LogP contribution >= 0.6 is 0 Å². The van der Waals surface area contributed by atoms with E-state index in [1.165, 1.54) is 0 Å². The molecule has 3 heterocycles. The van der Waals surface area contributed by atoms with Gasteiger partial charge in [0.2, 0.25) is 5.91 Å². The van der Waals surface area contributed by atoms with E-state index in [0.29, 0.717) is 5.06 Å². The fourth-order valence-electron chi connectivity index (χ4n) is 6.56. The van der Waals surface area contributed by atoms with E-state index < -0.39 is 123 Å². The summed E-state index contributed by atoms with van der Waals surface area (Å²) < 4.78 is 35.3. The van der Waals surface area contributed by atoms with Crippen molar-refractivity contribution in [3.05, 3.63) is 0 Å². The minimum Gasteiger partial charge on any atom is -0.394 e. The zero-order chi connectivity index (χ0) is 35.4. The lowest BCUT2D eigenvalue weighted by Crippen LogP contribution is -2.64. The molecule has 0 spiro atoms. The minimum absolute atomic E-state index is 0.00779. The number of aliphatic hydroxyl groups is 6. The molecule has 21 nitrogen and oxygen atoms in total. The second-order valence-electron chi connectivity index (χ2n) is 12.8. The molecule has 4 aliphatic rings. The molecule has 3 aliphatic heterocycles. The molecular weight excluding hydrogens is 646 g/mol. The first kappa shape index (κ1) is 39.5. The monoisotopic (exact) mass is 699 g/mol. The molecule has 1 saturated carbocycles. The Hall–Kier alpha value is -1.29. The van der Waals surface area contributed by atoms with E-state index in [2.05, 4.69) is 0 Å². The first-order valence-corrected chi connectivity index (χ1v) is 16.1. The summed E-state index contributed by atoms with van der Waals surface area (Å²) in [6.45, 7) is -1.06. The summed E-state index contributed by atoms with van der Waals surface area (Å²) in [6, 6.07) is -3.03. The van der Waals surface area contributed by atoms with Crippen molar-refractivity contribution in [1.82, 2.24) is 5.06 Å². The van der Waals surface area contributed by atoms with E-state index in [1.807, 2.05) is 0 Å². The van der Waals surface area contributed by atoms with Crippen molar-refractivity contribution in [3.63, 3.8) is 0 Å². The summed E-state index contributed by atoms with van der Waals surface area (Å²) in [5, 5.41) is 74.3. The Morgan fingerprint density at radius 2 is 1.31 bits per heavy atom. The van der Waals surface area contributed by atoms with Crippen molar-refractivity contribution in [2.45, 2.75) is 123 Å². The van der Waals surface area contributed by atoms with Gasteiger partial charge in [0.1, 0.15) is 48.8 Å². The summed E-state index contributed by atoms with van der Waals surface area (Å²) >= 11 is 0. The summed E-state index contributed by atoms with van der Waals surface area (Å²) in [7, 11) is 0. The number of hydroxylamine groups is 2. The van der Waals surface area contributed by atoms with Crippen LogP contribution in [0.2, 0.25) is 0 Å². The van der Waals surface area contributed by atoms with Gasteiger partial charge in [-0.1, -0.05) is 0 Å². The average Bonchev–Trinajstić information content (AvgIpc) is 3.35. The van der Waals surface area contributed by atoms with Crippen molar-refractivity contribution in [2.24, 2.45) is 40.3 Å². The minimum atomic E-state index is -1.66. The third kappa shape index (κ3) is 8.59. The molecule has 18 atom stereocenters. The molecule has 48 heavy (non-hydrogen) atoms. The van der Waals surface area contributed by atoms with Gasteiger partial charge in [0, 0.05) is 32.1 Å². The van der Waals surface area contributed by atoms with E-state index in [9.17, 15) is 40.6 Å². The first-order valence-electron chi connectivity index (χ1n) is 16.1. The standard InChI is InChI=1S/C27H53N7O14/c28-1-2-34(42)16(37)4-9-3-10(31)22(46-25-11(32)5-12(36)13(6-29)43-25)24(18(9)38)48-27-21(41)23(15(8-35)45-27)47-26-17(33)20(40)19(39)14(7-30)44-26/h9-15,17-27,35-36,38-42H,1-8,28-33H2/t9-,10-,11+,12-,13+,14-,15+,17+,18-,19+,20+,21+,22+,23+,24+,25+,26+,27-/m0/s1. The van der Waals surface area contributed by atoms with Gasteiger partial charge in [-0.05, 0) is 18.8 Å². The number of carbonyl (C=O) groups excluding carboxylic acids is 1. The van der Waals surface area contributed by atoms with Crippen molar-refractivity contribution in [1.29, 1.82) is 0 Å². The molecule has 4 rings (SSSR count). The van der Waals surface area contributed by atoms with Crippen LogP contribution in [0, 0.1) is 5.92 Å². The van der Waals surface area contributed by atoms with E-state index in [0.717, 1.165) is 0 Å². The topological polar surface area (TPSA) is 373 Å². The van der Waals surface area contributed by atoms with Gasteiger partial charge in [0.05, 0.1) is 43.5 Å². The number of hydrogen-bond acceptors (Lipinski definition) is 20. The predicted octanol–water partition coefficient (Wildman–Crippen LogP) is -8.01. The lowest BCUT2D eigenvalue weighted by atomic mass is 9.77. The quantitative estimate of drug-likeness (QED) is 0.0626. The van der Waals surface area contributed by atoms with Gasteiger partial charge >= 0.3 is 0 Å². The largest absolute Gasteiger partial charge is 0.394 e. The molecule has 0 radical (unpaired) electrons. The Morgan fingerprint density at radius 3 is 1.94 bits per heavy atom. The summed E-state index contributed by atoms with van der Waals surface area (Å²) in [6.07, 6.45) is -18.4. The zero-order valence-corrected chi connectivity index (χ0v) is 26.4. The van der Waals surface area contributed by atoms with Crippen LogP contribution in [0.5, 0.6) is 0 Å². The Morgan fingerprint density at radius 1 is 0.708 bits per heavy atom. The number of hydrogen-bond donors (Lipinski definition) is 13. The highest BCUT2D eigenvalue weighted by molar-refractivity contribution is 5.75. The molecule has 21 heteroatoms. The molecule has 1 amide bonds. The summed E-state index contributed by atoms with van der Waals surface area (Å²) in [5.74, 6) is -1.61. The van der Waals surface area contributed by atoms with Gasteiger partial charge in [0.25, 0.3) is 0 Å². The van der Waals surface area contributed by atoms with Crippen LogP contribution in [0.1, 0.15) is 19.3 Å². The fourth-order valence-corrected chi connectivity index (χ4v) is 6.56. The number of carbonyl (C=O) groups is 1. The van der Waals surface area contributed by atoms with E-state index in [1.54, 1.807) is 0 Å². The normalized spacial score (nSPS) is 46.9. The number of rotatable bonds is 13. The Labute approximate surface area is 276 Å². The van der Waals surface area contributed by atoms with Crippen molar-refractivity contribution < 1.29 is 69.1 Å². The third-order valence-electron chi connectivity index (χ3n) is 9.36. The third-order valence-corrected chi connectivity index (χ3v) is 9.36. The number of nitrogens with two attached hydrogens (primary N) is 6. The molecule has 4 fully saturated rings. The molecule has 0 aromatic carbocycles. The number of amides is 1. The van der Waals surface area contributed by atoms with Gasteiger partial charge in [-0.3, -0.25) is 10.0 Å². The Kier molecular flexibility index (Phi) is 14.2. The maximum Gasteiger partial charge on any atom is 0.246 e. The maximum absolute atomic E-state index is 12.7. The SMILES string of the molecule is NCCN(O)C(=O)C[C@@H]1C[C@H](N)[C@@H](O[C@H]2O[C@H](CN)[C@@H](O)C[C@H]2N)[C@H](O[C@@H]2O[C@H](CO)[C@@H](O[C@H]3O[C@@H](CN)[C@@H](O)[C@H](O)[C@H]3N)[C@H]2O)[C@H]1O. The molecule has 0 unspecified atom stereocenters. The van der Waals surface area contributed by atoms with Crippen LogP contribution < -0.4 is 34.4 Å². The molecule has 0 aromatic heterocycles. The average molecular weight is 700 g/mol. The van der Waals surface area contributed by atoms with Crippen molar-refractivity contribution in [3.8, 4) is 0 Å². The van der Waals surface area contributed by atoms with Crippen LogP contribution in [-0.2, 0) is 33.2 Å². The highest BCUT2D eigenvalue weighted by atomic mass is 16.8. The van der Waals surface area contributed by atoms with Gasteiger partial charge < -0.3 is 93.5 Å². The van der Waals surface area contributed by atoms with E-state index in [4.69, 9.17) is 62.8 Å². The predicted molar refractivity (Wildman–Crippen MR) is 160 cm³/mol. The second kappa shape index (κ2) is 17.3. The van der Waals surface area contributed by atoms with E-state index in [-0.39, 0.29) is 45.4 Å². The van der Waals surface area contributed by atoms with Crippen molar-refractivity contribution in [2.75, 3.05) is 32.8 Å². The molecular formula is C27H53N7O14. The van der Waals surface area contributed by atoms with Gasteiger partial charge in [-0.15, -0.1) is 0 Å². The van der Waals surface area contributed by atoms with Crippen LogP contribution in [0.4, 0.5) is 0 Å². The zero-order valence-electron chi connectivity index (χ0n) is 26.4. The van der Waals surface area contributed by atoms with Crippen LogP contribution in [-0.4, -0.2) is 184 Å².